The van der Waals surface area contributed by atoms with Gasteiger partial charge in [-0.05, 0) is 79.3 Å². The van der Waals surface area contributed by atoms with Gasteiger partial charge in [0.15, 0.2) is 0 Å². The highest BCUT2D eigenvalue weighted by molar-refractivity contribution is 7.59. The third kappa shape index (κ3) is 7.67. The topological polar surface area (TPSA) is 71.9 Å². The molecule has 1 saturated carbocycles. The maximum absolute atomic E-state index is 13.0. The number of piperidine rings is 1. The summed E-state index contributed by atoms with van der Waals surface area (Å²) in [5, 5.41) is 9.33. The number of hydrogen-bond acceptors (Lipinski definition) is 5. The molecule has 2 heterocycles. The van der Waals surface area contributed by atoms with Crippen molar-refractivity contribution in [1.29, 1.82) is 0 Å². The second-order valence-corrected chi connectivity index (χ2v) is 10.7. The van der Waals surface area contributed by atoms with Gasteiger partial charge in [-0.1, -0.05) is 18.2 Å². The van der Waals surface area contributed by atoms with Crippen LogP contribution in [0.25, 0.3) is 11.1 Å². The highest BCUT2D eigenvalue weighted by atomic mass is 32.1. The fourth-order valence-electron chi connectivity index (χ4n) is 5.50. The van der Waals surface area contributed by atoms with Crippen LogP contribution in [0.3, 0.4) is 0 Å². The molecule has 1 aliphatic carbocycles. The van der Waals surface area contributed by atoms with Gasteiger partial charge in [0.1, 0.15) is 17.2 Å². The Morgan fingerprint density at radius 1 is 1.05 bits per heavy atom. The molecule has 220 valence electrons. The Morgan fingerprint density at radius 2 is 1.80 bits per heavy atom. The molecule has 1 saturated heterocycles. The van der Waals surface area contributed by atoms with Crippen LogP contribution in [-0.4, -0.2) is 42.9 Å². The molecule has 2 fully saturated rings. The molecule has 1 aromatic heterocycles. The number of carboxylic acids is 1. The Balaban J connectivity index is 0.00000387. The summed E-state index contributed by atoms with van der Waals surface area (Å²) in [4.78, 5) is 17.2. The van der Waals surface area contributed by atoms with E-state index in [1.807, 2.05) is 36.4 Å². The fourth-order valence-corrected chi connectivity index (χ4v) is 5.50. The first-order valence-corrected chi connectivity index (χ1v) is 13.6. The molecule has 1 N–H and O–H groups in total. The van der Waals surface area contributed by atoms with E-state index in [2.05, 4.69) is 9.88 Å². The molecule has 0 spiro atoms. The lowest BCUT2D eigenvalue weighted by Gasteiger charge is -2.35. The van der Waals surface area contributed by atoms with Gasteiger partial charge in [0.05, 0.1) is 20.1 Å². The minimum atomic E-state index is -4.48. The van der Waals surface area contributed by atoms with E-state index in [1.54, 1.807) is 13.2 Å². The molecular formula is C31H35F3N2O4S. The molecule has 3 aromatic rings. The zero-order valence-corrected chi connectivity index (χ0v) is 23.9. The van der Waals surface area contributed by atoms with Crippen LogP contribution in [0.15, 0.2) is 60.8 Å². The monoisotopic (exact) mass is 588 g/mol. The van der Waals surface area contributed by atoms with Crippen LogP contribution in [0.1, 0.15) is 49.3 Å². The quantitative estimate of drug-likeness (QED) is 0.271. The van der Waals surface area contributed by atoms with Gasteiger partial charge in [0, 0.05) is 42.2 Å². The van der Waals surface area contributed by atoms with E-state index >= 15 is 0 Å². The lowest BCUT2D eigenvalue weighted by molar-refractivity contribution is -0.141. The third-order valence-electron chi connectivity index (χ3n) is 7.88. The lowest BCUT2D eigenvalue weighted by atomic mass is 9.91. The van der Waals surface area contributed by atoms with Gasteiger partial charge in [0.2, 0.25) is 0 Å². The van der Waals surface area contributed by atoms with Gasteiger partial charge in [-0.25, -0.2) is 0 Å². The van der Waals surface area contributed by atoms with E-state index in [4.69, 9.17) is 9.47 Å². The van der Waals surface area contributed by atoms with Crippen LogP contribution >= 0.6 is 13.5 Å². The van der Waals surface area contributed by atoms with Crippen LogP contribution in [0.2, 0.25) is 0 Å². The number of carboxylic acid groups (broad SMARTS) is 1. The first-order chi connectivity index (χ1) is 19.2. The van der Waals surface area contributed by atoms with Crippen molar-refractivity contribution in [3.05, 3.63) is 72.1 Å². The smallest absolute Gasteiger partial charge is 0.433 e. The summed E-state index contributed by atoms with van der Waals surface area (Å²) >= 11 is 0. The summed E-state index contributed by atoms with van der Waals surface area (Å²) in [6.07, 6.45) is 0.868. The zero-order valence-electron chi connectivity index (χ0n) is 22.9. The number of aliphatic carboxylic acids is 1. The second kappa shape index (κ2) is 13.1. The van der Waals surface area contributed by atoms with Gasteiger partial charge >= 0.3 is 12.1 Å². The number of aromatic nitrogens is 1. The standard InChI is InChI=1S/C31H33F3N2O4.H2S/c1-39-24-8-9-26(23-7-10-29(35-18-23)31(32,33)34)28(16-24)36-13-11-20(12-14-36)19-40-25-4-2-3-22(15-25)27(17-30(37)38)21-5-6-21;/h2-4,7-10,15-16,18,20-21,27H,5-6,11-14,17,19H2,1H3,(H,37,38);1H2/t27-;/m0./s1. The molecule has 0 amide bonds. The van der Waals surface area contributed by atoms with Crippen molar-refractivity contribution in [3.63, 3.8) is 0 Å². The van der Waals surface area contributed by atoms with Crippen LogP contribution < -0.4 is 14.4 Å². The molecule has 1 aliphatic heterocycles. The Labute approximate surface area is 244 Å². The number of hydrogen-bond donors (Lipinski definition) is 1. The van der Waals surface area contributed by atoms with Crippen LogP contribution in [0, 0.1) is 11.8 Å². The average Bonchev–Trinajstić information content (AvgIpc) is 3.80. The van der Waals surface area contributed by atoms with Crippen molar-refractivity contribution >= 4 is 25.2 Å². The minimum Gasteiger partial charge on any atom is -0.497 e. The number of anilines is 1. The molecule has 5 rings (SSSR count). The predicted molar refractivity (Wildman–Crippen MR) is 156 cm³/mol. The fraction of sp³-hybridized carbons (Fsp3) is 0.419. The number of benzene rings is 2. The number of nitrogens with zero attached hydrogens (tertiary/aromatic N) is 2. The highest BCUT2D eigenvalue weighted by Gasteiger charge is 2.34. The predicted octanol–water partition coefficient (Wildman–Crippen LogP) is 7.15. The van der Waals surface area contributed by atoms with Crippen LogP contribution in [0.5, 0.6) is 11.5 Å². The van der Waals surface area contributed by atoms with Gasteiger partial charge < -0.3 is 19.5 Å². The maximum atomic E-state index is 13.0. The van der Waals surface area contributed by atoms with Gasteiger partial charge in [-0.3, -0.25) is 9.78 Å². The highest BCUT2D eigenvalue weighted by Crippen LogP contribution is 2.45. The number of carbonyl (C=O) groups is 1. The Bertz CT molecular complexity index is 1320. The maximum Gasteiger partial charge on any atom is 0.433 e. The van der Waals surface area contributed by atoms with E-state index in [0.29, 0.717) is 29.8 Å². The summed E-state index contributed by atoms with van der Waals surface area (Å²) < 4.78 is 50.6. The molecule has 10 heteroatoms. The number of alkyl halides is 3. The molecule has 6 nitrogen and oxygen atoms in total. The van der Waals surface area contributed by atoms with Crippen molar-refractivity contribution in [2.45, 2.75) is 44.2 Å². The van der Waals surface area contributed by atoms with Gasteiger partial charge in [0.25, 0.3) is 0 Å². The molecule has 0 bridgehead atoms. The van der Waals surface area contributed by atoms with Crippen molar-refractivity contribution in [3.8, 4) is 22.6 Å². The summed E-state index contributed by atoms with van der Waals surface area (Å²) in [5.41, 5.74) is 2.43. The van der Waals surface area contributed by atoms with Crippen molar-refractivity contribution < 1.29 is 32.5 Å². The first-order valence-electron chi connectivity index (χ1n) is 13.6. The Kier molecular flexibility index (Phi) is 9.73. The molecular weight excluding hydrogens is 553 g/mol. The van der Waals surface area contributed by atoms with E-state index in [0.717, 1.165) is 67.4 Å². The third-order valence-corrected chi connectivity index (χ3v) is 7.88. The second-order valence-electron chi connectivity index (χ2n) is 10.7. The Morgan fingerprint density at radius 3 is 2.41 bits per heavy atom. The summed E-state index contributed by atoms with van der Waals surface area (Å²) in [7, 11) is 1.59. The number of methoxy groups -OCH3 is 1. The largest absolute Gasteiger partial charge is 0.497 e. The number of rotatable bonds is 10. The molecule has 41 heavy (non-hydrogen) atoms. The van der Waals surface area contributed by atoms with E-state index in [-0.39, 0.29) is 25.8 Å². The molecule has 2 aromatic carbocycles. The molecule has 0 radical (unpaired) electrons. The van der Waals surface area contributed by atoms with Crippen LogP contribution in [0.4, 0.5) is 18.9 Å². The van der Waals surface area contributed by atoms with E-state index in [1.165, 1.54) is 12.3 Å². The molecule has 0 unspecified atom stereocenters. The SMILES string of the molecule is COc1ccc(-c2ccc(C(F)(F)F)nc2)c(N2CCC(COc3cccc([C@@H](CC(=O)O)C4CC4)c3)CC2)c1.S. The molecule has 2 aliphatic rings. The normalized spacial score (nSPS) is 16.5. The summed E-state index contributed by atoms with van der Waals surface area (Å²) in [6, 6.07) is 15.9. The lowest BCUT2D eigenvalue weighted by Crippen LogP contribution is -2.35. The average molecular weight is 589 g/mol. The van der Waals surface area contributed by atoms with Gasteiger partial charge in [-0.15, -0.1) is 0 Å². The van der Waals surface area contributed by atoms with Gasteiger partial charge in [-0.2, -0.15) is 26.7 Å². The summed E-state index contributed by atoms with van der Waals surface area (Å²) in [5.74, 6) is 1.48. The minimum absolute atomic E-state index is 0. The summed E-state index contributed by atoms with van der Waals surface area (Å²) in [6.45, 7) is 2.10. The number of ether oxygens (including phenoxy) is 2. The van der Waals surface area contributed by atoms with Crippen molar-refractivity contribution in [2.24, 2.45) is 11.8 Å². The number of halogens is 3. The van der Waals surface area contributed by atoms with E-state index < -0.39 is 17.8 Å². The number of pyridine rings is 1. The molecule has 1 atom stereocenters. The Hall–Kier alpha value is -3.40. The van der Waals surface area contributed by atoms with E-state index in [9.17, 15) is 23.1 Å². The zero-order chi connectivity index (χ0) is 28.3. The van der Waals surface area contributed by atoms with Crippen LogP contribution in [-0.2, 0) is 11.0 Å². The van der Waals surface area contributed by atoms with Crippen molar-refractivity contribution in [2.75, 3.05) is 31.7 Å². The first kappa shape index (κ1) is 30.6. The van der Waals surface area contributed by atoms with Crippen molar-refractivity contribution in [1.82, 2.24) is 4.98 Å².